The van der Waals surface area contributed by atoms with Gasteiger partial charge in [-0.1, -0.05) is 0 Å². The zero-order chi connectivity index (χ0) is 6.20. The molecule has 0 aromatic heterocycles. The Morgan fingerprint density at radius 2 is 2.00 bits per heavy atom. The monoisotopic (exact) mass is 135 g/mol. The maximum Gasteiger partial charge on any atom is 0.291 e. The molecular formula is C3H7N2O2S. The van der Waals surface area contributed by atoms with Gasteiger partial charge in [0.15, 0.2) is 0 Å². The largest absolute Gasteiger partial charge is 0.291 e. The highest BCUT2D eigenvalue weighted by Gasteiger charge is 2.26. The van der Waals surface area contributed by atoms with E-state index in [4.69, 9.17) is 0 Å². The van der Waals surface area contributed by atoms with Gasteiger partial charge in [0.25, 0.3) is 10.2 Å². The molecule has 0 aromatic rings. The van der Waals surface area contributed by atoms with Gasteiger partial charge in [0, 0.05) is 6.04 Å². The molecule has 8 heavy (non-hydrogen) atoms. The predicted octanol–water partition coefficient (Wildman–Crippen LogP) is -1.04. The number of hydrogen-bond acceptors (Lipinski definition) is 2. The van der Waals surface area contributed by atoms with Crippen LogP contribution in [0, 0.1) is 0 Å². The Morgan fingerprint density at radius 3 is 2.12 bits per heavy atom. The summed E-state index contributed by atoms with van der Waals surface area (Å²) in [5.41, 5.74) is 0. The van der Waals surface area contributed by atoms with E-state index in [0.717, 1.165) is 12.8 Å². The molecule has 0 atom stereocenters. The predicted molar refractivity (Wildman–Crippen MR) is 28.3 cm³/mol. The molecule has 1 rings (SSSR count). The Hall–Kier alpha value is -0.130. The maximum absolute atomic E-state index is 10.1. The van der Waals surface area contributed by atoms with Crippen LogP contribution in [0.15, 0.2) is 0 Å². The molecule has 1 radical (unpaired) electrons. The van der Waals surface area contributed by atoms with Crippen LogP contribution in [-0.4, -0.2) is 14.5 Å². The quantitative estimate of drug-likeness (QED) is 0.525. The van der Waals surface area contributed by atoms with Gasteiger partial charge in [0.2, 0.25) is 0 Å². The van der Waals surface area contributed by atoms with Crippen molar-refractivity contribution in [3.8, 4) is 0 Å². The molecule has 1 aliphatic rings. The zero-order valence-corrected chi connectivity index (χ0v) is 5.06. The molecular weight excluding hydrogens is 128 g/mol. The molecule has 0 amide bonds. The summed E-state index contributed by atoms with van der Waals surface area (Å²) in [4.78, 5) is 0. The van der Waals surface area contributed by atoms with Gasteiger partial charge >= 0.3 is 0 Å². The molecule has 0 heterocycles. The van der Waals surface area contributed by atoms with Gasteiger partial charge in [-0.25, -0.2) is 5.14 Å². The smallest absolute Gasteiger partial charge is 0.214 e. The summed E-state index contributed by atoms with van der Waals surface area (Å²) >= 11 is 0. The first-order chi connectivity index (χ1) is 3.58. The fraction of sp³-hybridized carbons (Fsp3) is 1.00. The highest BCUT2D eigenvalue weighted by atomic mass is 32.2. The molecule has 0 unspecified atom stereocenters. The minimum atomic E-state index is -3.54. The standard InChI is InChI=1S/C3H7N2O2S/c4-8(6,7)5-3-1-2-3/h3H,1-2H2,(H2,4,6,7). The van der Waals surface area contributed by atoms with Crippen molar-refractivity contribution in [2.75, 3.05) is 0 Å². The van der Waals surface area contributed by atoms with E-state index in [2.05, 4.69) is 9.86 Å². The first-order valence-corrected chi connectivity index (χ1v) is 3.83. The number of nitrogens with zero attached hydrogens (tertiary/aromatic N) is 1. The van der Waals surface area contributed by atoms with E-state index < -0.39 is 10.2 Å². The fourth-order valence-electron chi connectivity index (χ4n) is 0.388. The lowest BCUT2D eigenvalue weighted by Gasteiger charge is -1.90. The van der Waals surface area contributed by atoms with E-state index in [9.17, 15) is 8.42 Å². The maximum atomic E-state index is 10.1. The van der Waals surface area contributed by atoms with Crippen LogP contribution in [-0.2, 0) is 10.2 Å². The second kappa shape index (κ2) is 1.68. The normalized spacial score (nSPS) is 21.1. The molecule has 1 fully saturated rings. The van der Waals surface area contributed by atoms with Crippen LogP contribution in [0.3, 0.4) is 0 Å². The number of rotatable bonds is 2. The molecule has 0 spiro atoms. The molecule has 0 aromatic carbocycles. The Bertz CT molecular complexity index is 170. The van der Waals surface area contributed by atoms with Gasteiger partial charge < -0.3 is 0 Å². The van der Waals surface area contributed by atoms with Crippen molar-refractivity contribution in [1.29, 1.82) is 0 Å². The van der Waals surface area contributed by atoms with Gasteiger partial charge in [-0.3, -0.25) is 0 Å². The van der Waals surface area contributed by atoms with Crippen LogP contribution in [0.5, 0.6) is 0 Å². The minimum Gasteiger partial charge on any atom is -0.214 e. The third kappa shape index (κ3) is 2.25. The van der Waals surface area contributed by atoms with E-state index in [-0.39, 0.29) is 6.04 Å². The van der Waals surface area contributed by atoms with Gasteiger partial charge in [-0.15, -0.1) is 4.72 Å². The van der Waals surface area contributed by atoms with Gasteiger partial charge in [-0.2, -0.15) is 8.42 Å². The van der Waals surface area contributed by atoms with Crippen LogP contribution in [0.4, 0.5) is 0 Å². The van der Waals surface area contributed by atoms with E-state index >= 15 is 0 Å². The van der Waals surface area contributed by atoms with Crippen molar-refractivity contribution < 1.29 is 8.42 Å². The second-order valence-electron chi connectivity index (χ2n) is 1.85. The molecule has 2 N–H and O–H groups in total. The Morgan fingerprint density at radius 1 is 1.50 bits per heavy atom. The Balaban J connectivity index is 2.38. The van der Waals surface area contributed by atoms with Crippen LogP contribution >= 0.6 is 0 Å². The number of nitrogens with two attached hydrogens (primary N) is 1. The summed E-state index contributed by atoms with van der Waals surface area (Å²) in [7, 11) is -3.54. The molecule has 47 valence electrons. The first-order valence-electron chi connectivity index (χ1n) is 2.33. The van der Waals surface area contributed by atoms with Crippen molar-refractivity contribution in [1.82, 2.24) is 4.72 Å². The summed E-state index contributed by atoms with van der Waals surface area (Å²) in [6, 6.07) is 0.00463. The highest BCUT2D eigenvalue weighted by molar-refractivity contribution is 7.87. The third-order valence-corrected chi connectivity index (χ3v) is 1.43. The lowest BCUT2D eigenvalue weighted by Crippen LogP contribution is -2.25. The summed E-state index contributed by atoms with van der Waals surface area (Å²) in [5, 5.41) is 4.58. The van der Waals surface area contributed by atoms with Crippen LogP contribution < -0.4 is 9.86 Å². The average Bonchev–Trinajstić information content (AvgIpc) is 2.12. The lowest BCUT2D eigenvalue weighted by atomic mass is 10.8. The van der Waals surface area contributed by atoms with Gasteiger partial charge in [-0.05, 0) is 12.8 Å². The van der Waals surface area contributed by atoms with Gasteiger partial charge in [0.05, 0.1) is 0 Å². The summed E-state index contributed by atoms with van der Waals surface area (Å²) in [5.74, 6) is 0. The SMILES string of the molecule is NS(=O)(=O)[N]C1CC1. The van der Waals surface area contributed by atoms with Crippen LogP contribution in [0.1, 0.15) is 12.8 Å². The zero-order valence-electron chi connectivity index (χ0n) is 4.24. The van der Waals surface area contributed by atoms with E-state index in [0.29, 0.717) is 0 Å². The molecule has 0 aliphatic heterocycles. The average molecular weight is 135 g/mol. The van der Waals surface area contributed by atoms with Crippen LogP contribution in [0.25, 0.3) is 0 Å². The topological polar surface area (TPSA) is 74.3 Å². The molecule has 1 saturated carbocycles. The molecule has 1 aliphatic carbocycles. The lowest BCUT2D eigenvalue weighted by molar-refractivity contribution is 0.581. The van der Waals surface area contributed by atoms with Gasteiger partial charge in [0.1, 0.15) is 0 Å². The van der Waals surface area contributed by atoms with Crippen LogP contribution in [0.2, 0.25) is 0 Å². The van der Waals surface area contributed by atoms with Crippen molar-refractivity contribution in [3.63, 3.8) is 0 Å². The minimum absolute atomic E-state index is 0.00463. The second-order valence-corrected chi connectivity index (χ2v) is 3.09. The highest BCUT2D eigenvalue weighted by Crippen LogP contribution is 2.20. The Labute approximate surface area is 48.2 Å². The van der Waals surface area contributed by atoms with E-state index in [1.165, 1.54) is 0 Å². The Kier molecular flexibility index (Phi) is 1.26. The van der Waals surface area contributed by atoms with Crippen molar-refractivity contribution in [3.05, 3.63) is 0 Å². The van der Waals surface area contributed by atoms with E-state index in [1.54, 1.807) is 0 Å². The van der Waals surface area contributed by atoms with E-state index in [1.807, 2.05) is 0 Å². The van der Waals surface area contributed by atoms with Crippen molar-refractivity contribution in [2.45, 2.75) is 18.9 Å². The molecule has 4 nitrogen and oxygen atoms in total. The first kappa shape index (κ1) is 6.00. The molecule has 5 heteroatoms. The molecule has 0 bridgehead atoms. The summed E-state index contributed by atoms with van der Waals surface area (Å²) in [6.45, 7) is 0. The summed E-state index contributed by atoms with van der Waals surface area (Å²) < 4.78 is 23.5. The number of hydrogen-bond donors (Lipinski definition) is 1. The molecule has 0 saturated heterocycles. The third-order valence-electron chi connectivity index (χ3n) is 0.843. The fourth-order valence-corrected chi connectivity index (χ4v) is 1.01. The summed E-state index contributed by atoms with van der Waals surface area (Å²) in [6.07, 6.45) is 1.74. The van der Waals surface area contributed by atoms with Crippen molar-refractivity contribution >= 4 is 10.2 Å². The van der Waals surface area contributed by atoms with Crippen molar-refractivity contribution in [2.24, 2.45) is 5.14 Å².